The highest BCUT2D eigenvalue weighted by Crippen LogP contribution is 2.33. The van der Waals surface area contributed by atoms with E-state index >= 15 is 0 Å². The van der Waals surface area contributed by atoms with Crippen LogP contribution >= 0.6 is 11.3 Å². The minimum atomic E-state index is 0.954. The van der Waals surface area contributed by atoms with E-state index in [1.54, 1.807) is 17.6 Å². The maximum atomic E-state index is 5.27. The first-order chi connectivity index (χ1) is 7.88. The minimum absolute atomic E-state index is 0.954. The molecule has 2 aromatic rings. The van der Waals surface area contributed by atoms with Crippen LogP contribution in [0.15, 0.2) is 23.6 Å². The predicted octanol–water partition coefficient (Wildman–Crippen LogP) is 4.07. The summed E-state index contributed by atoms with van der Waals surface area (Å²) in [5.74, 6) is 0.954. The van der Waals surface area contributed by atoms with Crippen LogP contribution in [0, 0.1) is 0 Å². The van der Waals surface area contributed by atoms with Gasteiger partial charge in [0.25, 0.3) is 0 Å². The van der Waals surface area contributed by atoms with Crippen molar-refractivity contribution in [1.29, 1.82) is 0 Å². The molecule has 0 amide bonds. The van der Waals surface area contributed by atoms with E-state index in [2.05, 4.69) is 23.6 Å². The van der Waals surface area contributed by atoms with Crippen LogP contribution in [0.5, 0.6) is 5.75 Å². The molecule has 0 atom stereocenters. The van der Waals surface area contributed by atoms with Crippen molar-refractivity contribution in [2.75, 3.05) is 7.11 Å². The summed E-state index contributed by atoms with van der Waals surface area (Å²) in [5, 5.41) is 5.02. The molecule has 1 aromatic carbocycles. The Morgan fingerprint density at radius 2 is 2.06 bits per heavy atom. The van der Waals surface area contributed by atoms with Crippen molar-refractivity contribution >= 4 is 22.1 Å². The maximum Gasteiger partial charge on any atom is 0.215 e. The molecule has 1 aromatic heterocycles. The molecule has 0 bridgehead atoms. The number of hydrogen-bond donors (Lipinski definition) is 0. The number of methoxy groups -OCH3 is 1. The van der Waals surface area contributed by atoms with Gasteiger partial charge in [-0.05, 0) is 36.8 Å². The van der Waals surface area contributed by atoms with Crippen LogP contribution in [0.2, 0.25) is 0 Å². The average molecular weight is 231 g/mol. The van der Waals surface area contributed by atoms with Gasteiger partial charge < -0.3 is 4.74 Å². The van der Waals surface area contributed by atoms with E-state index in [1.807, 2.05) is 11.3 Å². The fourth-order valence-corrected chi connectivity index (χ4v) is 3.55. The molecule has 0 unspecified atom stereocenters. The van der Waals surface area contributed by atoms with Crippen LogP contribution < -0.4 is 4.74 Å². The van der Waals surface area contributed by atoms with Gasteiger partial charge in [0, 0.05) is 17.4 Å². The van der Waals surface area contributed by atoms with Gasteiger partial charge in [-0.15, -0.1) is 0 Å². The second-order valence-corrected chi connectivity index (χ2v) is 5.26. The molecule has 1 nitrogen and oxygen atoms in total. The van der Waals surface area contributed by atoms with Gasteiger partial charge in [-0.3, -0.25) is 0 Å². The highest BCUT2D eigenvalue weighted by Gasteiger charge is 2.20. The van der Waals surface area contributed by atoms with E-state index in [0.29, 0.717) is 0 Å². The number of ether oxygens (including phenoxy) is 1. The lowest BCUT2D eigenvalue weighted by Crippen LogP contribution is -2.01. The molecular weight excluding hydrogens is 216 g/mol. The van der Waals surface area contributed by atoms with E-state index in [9.17, 15) is 0 Å². The number of benzene rings is 1. The number of hydrogen-bond acceptors (Lipinski definition) is 1. The van der Waals surface area contributed by atoms with Crippen molar-refractivity contribution in [3.8, 4) is 5.75 Å². The SMILES string of the molecule is COc1ccc2c3c([s+]cc2c1)CCCC3. The van der Waals surface area contributed by atoms with Gasteiger partial charge in [-0.25, -0.2) is 0 Å². The normalized spacial score (nSPS) is 14.8. The van der Waals surface area contributed by atoms with Gasteiger partial charge in [-0.2, -0.15) is 0 Å². The zero-order valence-electron chi connectivity index (χ0n) is 9.45. The summed E-state index contributed by atoms with van der Waals surface area (Å²) in [5.41, 5.74) is 1.58. The Balaban J connectivity index is 2.24. The summed E-state index contributed by atoms with van der Waals surface area (Å²) in [6, 6.07) is 6.42. The van der Waals surface area contributed by atoms with Gasteiger partial charge in [0.2, 0.25) is 21.6 Å². The Labute approximate surface area is 99.7 Å². The third kappa shape index (κ3) is 1.57. The van der Waals surface area contributed by atoms with Crippen LogP contribution in [-0.4, -0.2) is 7.11 Å². The van der Waals surface area contributed by atoms with Gasteiger partial charge in [-0.1, -0.05) is 6.07 Å². The summed E-state index contributed by atoms with van der Waals surface area (Å²) in [7, 11) is 1.73. The zero-order chi connectivity index (χ0) is 11.0. The van der Waals surface area contributed by atoms with Gasteiger partial charge >= 0.3 is 0 Å². The molecule has 1 aliphatic carbocycles. The molecule has 2 heteroatoms. The van der Waals surface area contributed by atoms with Gasteiger partial charge in [0.15, 0.2) is 0 Å². The van der Waals surface area contributed by atoms with E-state index < -0.39 is 0 Å². The molecule has 0 saturated carbocycles. The second kappa shape index (κ2) is 4.02. The third-order valence-corrected chi connectivity index (χ3v) is 4.44. The van der Waals surface area contributed by atoms with Crippen molar-refractivity contribution in [3.63, 3.8) is 0 Å². The monoisotopic (exact) mass is 231 g/mol. The quantitative estimate of drug-likeness (QED) is 0.672. The fraction of sp³-hybridized carbons (Fsp3) is 0.357. The number of aryl methyl sites for hydroxylation is 2. The number of rotatable bonds is 1. The molecule has 1 aliphatic rings. The first-order valence-corrected chi connectivity index (χ1v) is 6.67. The lowest BCUT2D eigenvalue weighted by atomic mass is 9.95. The minimum Gasteiger partial charge on any atom is -0.497 e. The first kappa shape index (κ1) is 10.0. The maximum absolute atomic E-state index is 5.27. The first-order valence-electron chi connectivity index (χ1n) is 5.79. The smallest absolute Gasteiger partial charge is 0.215 e. The number of fused-ring (bicyclic) bond motifs is 3. The average Bonchev–Trinajstić information content (AvgIpc) is 2.38. The topological polar surface area (TPSA) is 9.23 Å². The van der Waals surface area contributed by atoms with Crippen molar-refractivity contribution in [2.24, 2.45) is 0 Å². The highest BCUT2D eigenvalue weighted by atomic mass is 32.1. The summed E-state index contributed by atoms with van der Waals surface area (Å²) in [6.45, 7) is 0. The van der Waals surface area contributed by atoms with Crippen LogP contribution in [0.4, 0.5) is 0 Å². The molecular formula is C14H15OS+. The standard InChI is InChI=1S/C14H15OS/c1-15-11-6-7-12-10(8-11)9-16-14-5-3-2-4-13(12)14/h6-9H,2-5H2,1H3/q+1. The largest absolute Gasteiger partial charge is 0.497 e. The molecule has 3 rings (SSSR count). The van der Waals surface area contributed by atoms with E-state index in [1.165, 1.54) is 36.5 Å². The third-order valence-electron chi connectivity index (χ3n) is 3.33. The van der Waals surface area contributed by atoms with Crippen LogP contribution in [-0.2, 0) is 12.8 Å². The summed E-state index contributed by atoms with van der Waals surface area (Å²) >= 11 is 1.91. The Morgan fingerprint density at radius 3 is 2.94 bits per heavy atom. The van der Waals surface area contributed by atoms with Gasteiger partial charge in [0.05, 0.1) is 7.11 Å². The molecule has 0 spiro atoms. The second-order valence-electron chi connectivity index (χ2n) is 4.30. The van der Waals surface area contributed by atoms with Crippen molar-refractivity contribution in [1.82, 2.24) is 0 Å². The molecule has 82 valence electrons. The lowest BCUT2D eigenvalue weighted by Gasteiger charge is -2.11. The molecule has 0 aliphatic heterocycles. The lowest BCUT2D eigenvalue weighted by molar-refractivity contribution is 0.415. The van der Waals surface area contributed by atoms with Crippen LogP contribution in [0.3, 0.4) is 0 Å². The summed E-state index contributed by atoms with van der Waals surface area (Å²) in [4.78, 5) is 1.59. The molecule has 1 heterocycles. The van der Waals surface area contributed by atoms with Crippen LogP contribution in [0.25, 0.3) is 10.8 Å². The summed E-state index contributed by atoms with van der Waals surface area (Å²) in [6.07, 6.45) is 5.20. The zero-order valence-corrected chi connectivity index (χ0v) is 10.3. The molecule has 0 N–H and O–H groups in total. The highest BCUT2D eigenvalue weighted by molar-refractivity contribution is 7.10. The van der Waals surface area contributed by atoms with E-state index in [4.69, 9.17) is 4.74 Å². The fourth-order valence-electron chi connectivity index (χ4n) is 2.47. The Kier molecular flexibility index (Phi) is 2.52. The molecule has 16 heavy (non-hydrogen) atoms. The van der Waals surface area contributed by atoms with Crippen LogP contribution in [0.1, 0.15) is 23.3 Å². The summed E-state index contributed by atoms with van der Waals surface area (Å²) < 4.78 is 5.27. The van der Waals surface area contributed by atoms with Gasteiger partial charge in [0.1, 0.15) is 5.75 Å². The van der Waals surface area contributed by atoms with Crippen molar-refractivity contribution in [2.45, 2.75) is 25.7 Å². The Morgan fingerprint density at radius 1 is 1.19 bits per heavy atom. The van der Waals surface area contributed by atoms with E-state index in [-0.39, 0.29) is 0 Å². The molecule has 0 saturated heterocycles. The Bertz CT molecular complexity index is 533. The van der Waals surface area contributed by atoms with Crippen molar-refractivity contribution < 1.29 is 4.74 Å². The molecule has 0 radical (unpaired) electrons. The van der Waals surface area contributed by atoms with Crippen molar-refractivity contribution in [3.05, 3.63) is 34.0 Å². The van der Waals surface area contributed by atoms with E-state index in [0.717, 1.165) is 5.75 Å². The Hall–Kier alpha value is -1.15. The molecule has 0 fully saturated rings. The predicted molar refractivity (Wildman–Crippen MR) is 69.4 cm³/mol.